The van der Waals surface area contributed by atoms with E-state index in [0.29, 0.717) is 22.1 Å². The largest absolute Gasteiger partial charge is 0.301 e. The molecule has 3 rings (SSSR count). The molecule has 0 radical (unpaired) electrons. The summed E-state index contributed by atoms with van der Waals surface area (Å²) in [7, 11) is 0. The first-order chi connectivity index (χ1) is 12.5. The molecule has 9 heteroatoms. The Morgan fingerprint density at radius 3 is 2.65 bits per heavy atom. The number of nitrogens with one attached hydrogen (secondary N) is 1. The SMILES string of the molecule is Cc1nnc(NC(=O)CCCn2c(=O)cc(-c3ccccc3)sc2=S)s1. The summed E-state index contributed by atoms with van der Waals surface area (Å²) in [4.78, 5) is 25.2. The fraction of sp³-hybridized carbons (Fsp3) is 0.235. The predicted molar refractivity (Wildman–Crippen MR) is 107 cm³/mol. The van der Waals surface area contributed by atoms with Gasteiger partial charge in [-0.2, -0.15) is 0 Å². The molecule has 1 aromatic carbocycles. The normalized spacial score (nSPS) is 10.7. The van der Waals surface area contributed by atoms with Crippen LogP contribution in [0.2, 0.25) is 0 Å². The van der Waals surface area contributed by atoms with Crippen molar-refractivity contribution in [1.29, 1.82) is 0 Å². The molecular formula is C17H16N4O2S3. The Kier molecular flexibility index (Phi) is 6.02. The fourth-order valence-electron chi connectivity index (χ4n) is 2.33. The van der Waals surface area contributed by atoms with Crippen molar-refractivity contribution in [3.8, 4) is 10.4 Å². The minimum absolute atomic E-state index is 0.146. The summed E-state index contributed by atoms with van der Waals surface area (Å²) >= 11 is 8.10. The van der Waals surface area contributed by atoms with Gasteiger partial charge in [0.25, 0.3) is 5.56 Å². The lowest BCUT2D eigenvalue weighted by Crippen LogP contribution is -2.20. The maximum Gasteiger partial charge on any atom is 0.253 e. The van der Waals surface area contributed by atoms with Gasteiger partial charge in [0, 0.05) is 23.9 Å². The minimum atomic E-state index is -0.148. The summed E-state index contributed by atoms with van der Waals surface area (Å²) in [5, 5.41) is 11.7. The molecule has 0 spiro atoms. The van der Waals surface area contributed by atoms with Gasteiger partial charge in [0.15, 0.2) is 3.95 Å². The molecule has 0 aliphatic heterocycles. The van der Waals surface area contributed by atoms with Crippen LogP contribution in [0.4, 0.5) is 5.13 Å². The average molecular weight is 405 g/mol. The molecule has 1 N–H and O–H groups in total. The van der Waals surface area contributed by atoms with E-state index < -0.39 is 0 Å². The highest BCUT2D eigenvalue weighted by atomic mass is 32.1. The van der Waals surface area contributed by atoms with Crippen LogP contribution in [0.25, 0.3) is 10.4 Å². The van der Waals surface area contributed by atoms with E-state index in [0.717, 1.165) is 15.4 Å². The van der Waals surface area contributed by atoms with Crippen molar-refractivity contribution >= 4 is 45.9 Å². The molecular weight excluding hydrogens is 388 g/mol. The van der Waals surface area contributed by atoms with E-state index in [2.05, 4.69) is 15.5 Å². The highest BCUT2D eigenvalue weighted by Crippen LogP contribution is 2.22. The monoisotopic (exact) mass is 404 g/mol. The van der Waals surface area contributed by atoms with Gasteiger partial charge in [-0.25, -0.2) is 0 Å². The highest BCUT2D eigenvalue weighted by molar-refractivity contribution is 7.73. The van der Waals surface area contributed by atoms with Crippen molar-refractivity contribution in [2.24, 2.45) is 0 Å². The minimum Gasteiger partial charge on any atom is -0.301 e. The number of aryl methyl sites for hydroxylation is 1. The molecule has 0 atom stereocenters. The number of aromatic nitrogens is 3. The van der Waals surface area contributed by atoms with Gasteiger partial charge in [-0.3, -0.25) is 14.2 Å². The van der Waals surface area contributed by atoms with E-state index in [4.69, 9.17) is 12.2 Å². The Hall–Kier alpha value is -2.23. The molecule has 0 saturated heterocycles. The number of hydrogen-bond donors (Lipinski definition) is 1. The number of benzene rings is 1. The number of rotatable bonds is 6. The second-order valence-electron chi connectivity index (χ2n) is 5.51. The van der Waals surface area contributed by atoms with Crippen molar-refractivity contribution in [2.45, 2.75) is 26.3 Å². The third kappa shape index (κ3) is 4.69. The zero-order valence-corrected chi connectivity index (χ0v) is 16.4. The maximum atomic E-state index is 12.4. The Labute approximate surface area is 163 Å². The van der Waals surface area contributed by atoms with Crippen LogP contribution in [-0.4, -0.2) is 20.7 Å². The highest BCUT2D eigenvalue weighted by Gasteiger charge is 2.08. The zero-order valence-electron chi connectivity index (χ0n) is 14.0. The number of hydrogen-bond acceptors (Lipinski definition) is 7. The fourth-order valence-corrected chi connectivity index (χ4v) is 4.28. The third-order valence-electron chi connectivity index (χ3n) is 3.55. The van der Waals surface area contributed by atoms with Crippen molar-refractivity contribution in [1.82, 2.24) is 14.8 Å². The number of carbonyl (C=O) groups is 1. The molecule has 26 heavy (non-hydrogen) atoms. The van der Waals surface area contributed by atoms with E-state index in [1.165, 1.54) is 27.2 Å². The molecule has 0 aliphatic rings. The van der Waals surface area contributed by atoms with Gasteiger partial charge in [-0.1, -0.05) is 41.7 Å². The first kappa shape index (κ1) is 18.6. The Morgan fingerprint density at radius 1 is 1.23 bits per heavy atom. The lowest BCUT2D eigenvalue weighted by molar-refractivity contribution is -0.116. The quantitative estimate of drug-likeness (QED) is 0.631. The second kappa shape index (κ2) is 8.43. The molecule has 0 unspecified atom stereocenters. The zero-order chi connectivity index (χ0) is 18.5. The van der Waals surface area contributed by atoms with Crippen molar-refractivity contribution < 1.29 is 4.79 Å². The topological polar surface area (TPSA) is 76.9 Å². The summed E-state index contributed by atoms with van der Waals surface area (Å²) in [5.74, 6) is -0.148. The van der Waals surface area contributed by atoms with E-state index in [9.17, 15) is 9.59 Å². The van der Waals surface area contributed by atoms with Crippen molar-refractivity contribution in [3.05, 3.63) is 55.7 Å². The summed E-state index contributed by atoms with van der Waals surface area (Å²) in [6, 6.07) is 11.3. The lowest BCUT2D eigenvalue weighted by atomic mass is 10.2. The molecule has 0 saturated carbocycles. The van der Waals surface area contributed by atoms with Gasteiger partial charge >= 0.3 is 0 Å². The molecule has 3 aromatic rings. The summed E-state index contributed by atoms with van der Waals surface area (Å²) in [6.45, 7) is 2.23. The number of amides is 1. The van der Waals surface area contributed by atoms with E-state index in [1.54, 1.807) is 6.07 Å². The molecule has 2 aromatic heterocycles. The number of anilines is 1. The maximum absolute atomic E-state index is 12.4. The third-order valence-corrected chi connectivity index (χ3v) is 5.75. The molecule has 2 heterocycles. The molecule has 0 bridgehead atoms. The first-order valence-electron chi connectivity index (χ1n) is 7.93. The van der Waals surface area contributed by atoms with Crippen LogP contribution >= 0.6 is 34.9 Å². The van der Waals surface area contributed by atoms with E-state index in [1.807, 2.05) is 37.3 Å². The van der Waals surface area contributed by atoms with Crippen LogP contribution in [0, 0.1) is 10.9 Å². The Morgan fingerprint density at radius 2 is 2.00 bits per heavy atom. The predicted octanol–water partition coefficient (Wildman–Crippen LogP) is 3.89. The standard InChI is InChI=1S/C17H16N4O2S3/c1-11-19-20-16(25-11)18-14(22)8-5-9-21-15(23)10-13(26-17(21)24)12-6-3-2-4-7-12/h2-4,6-7,10H,5,8-9H2,1H3,(H,18,20,22). The van der Waals surface area contributed by atoms with Crippen molar-refractivity contribution in [2.75, 3.05) is 5.32 Å². The molecule has 134 valence electrons. The van der Waals surface area contributed by atoms with Gasteiger partial charge in [0.1, 0.15) is 5.01 Å². The molecule has 0 aliphatic carbocycles. The van der Waals surface area contributed by atoms with E-state index >= 15 is 0 Å². The van der Waals surface area contributed by atoms with Gasteiger partial charge in [0.05, 0.1) is 0 Å². The van der Waals surface area contributed by atoms with Crippen LogP contribution in [-0.2, 0) is 11.3 Å². The van der Waals surface area contributed by atoms with Gasteiger partial charge in [-0.15, -0.1) is 21.5 Å². The van der Waals surface area contributed by atoms with Gasteiger partial charge in [-0.05, 0) is 31.1 Å². The number of carbonyl (C=O) groups excluding carboxylic acids is 1. The van der Waals surface area contributed by atoms with Crippen molar-refractivity contribution in [3.63, 3.8) is 0 Å². The van der Waals surface area contributed by atoms with Crippen LogP contribution in [0.15, 0.2) is 41.2 Å². The summed E-state index contributed by atoms with van der Waals surface area (Å²) in [6.07, 6.45) is 0.801. The molecule has 0 fully saturated rings. The Balaban J connectivity index is 1.62. The lowest BCUT2D eigenvalue weighted by Gasteiger charge is -2.07. The molecule has 6 nitrogen and oxygen atoms in total. The van der Waals surface area contributed by atoms with Crippen LogP contribution in [0.5, 0.6) is 0 Å². The van der Waals surface area contributed by atoms with Crippen LogP contribution in [0.3, 0.4) is 0 Å². The smallest absolute Gasteiger partial charge is 0.253 e. The first-order valence-corrected chi connectivity index (χ1v) is 9.97. The summed E-state index contributed by atoms with van der Waals surface area (Å²) in [5.41, 5.74) is 0.826. The Bertz CT molecular complexity index is 993. The average Bonchev–Trinajstić information content (AvgIpc) is 3.02. The van der Waals surface area contributed by atoms with Gasteiger partial charge in [0.2, 0.25) is 11.0 Å². The summed E-state index contributed by atoms with van der Waals surface area (Å²) < 4.78 is 2.05. The number of nitrogens with zero attached hydrogens (tertiary/aromatic N) is 3. The van der Waals surface area contributed by atoms with Crippen LogP contribution in [0.1, 0.15) is 17.8 Å². The molecule has 1 amide bonds. The van der Waals surface area contributed by atoms with E-state index in [-0.39, 0.29) is 17.9 Å². The van der Waals surface area contributed by atoms with Gasteiger partial charge < -0.3 is 5.32 Å². The second-order valence-corrected chi connectivity index (χ2v) is 8.37. The van der Waals surface area contributed by atoms with Crippen LogP contribution < -0.4 is 10.9 Å².